The molecule has 0 bridgehead atoms. The number of thioether (sulfide) groups is 1. The fourth-order valence-electron chi connectivity index (χ4n) is 2.97. The minimum Gasteiger partial charge on any atom is -0.476 e. The average molecular weight is 266 g/mol. The van der Waals surface area contributed by atoms with E-state index in [1.807, 2.05) is 11.8 Å². The number of carbonyl (C=O) groups is 1. The Bertz CT molecular complexity index is 478. The van der Waals surface area contributed by atoms with Crippen LogP contribution in [0.15, 0.2) is 0 Å². The highest BCUT2D eigenvalue weighted by molar-refractivity contribution is 7.99. The smallest absolute Gasteiger partial charge is 0.356 e. The maximum absolute atomic E-state index is 11.3. The number of aromatic carboxylic acids is 1. The third-order valence-corrected chi connectivity index (χ3v) is 5.13. The second kappa shape index (κ2) is 4.61. The minimum atomic E-state index is -0.870. The van der Waals surface area contributed by atoms with Gasteiger partial charge in [0.15, 0.2) is 5.69 Å². The van der Waals surface area contributed by atoms with Crippen molar-refractivity contribution in [3.63, 3.8) is 0 Å². The fraction of sp³-hybridized carbons (Fsp3) is 0.692. The third-order valence-electron chi connectivity index (χ3n) is 3.97. The van der Waals surface area contributed by atoms with Crippen LogP contribution in [-0.2, 0) is 13.0 Å². The van der Waals surface area contributed by atoms with Crippen LogP contribution in [0.25, 0.3) is 0 Å². The quantitative estimate of drug-likeness (QED) is 0.893. The molecule has 3 rings (SSSR count). The van der Waals surface area contributed by atoms with Crippen LogP contribution in [-0.4, -0.2) is 32.1 Å². The number of fused-ring (bicyclic) bond motifs is 1. The molecular formula is C13H18N2O2S. The average Bonchev–Trinajstić information content (AvgIpc) is 2.93. The summed E-state index contributed by atoms with van der Waals surface area (Å²) in [6, 6.07) is 0. The number of hydrogen-bond acceptors (Lipinski definition) is 3. The molecule has 5 heteroatoms. The molecule has 0 saturated carbocycles. The summed E-state index contributed by atoms with van der Waals surface area (Å²) < 4.78 is 2.20. The highest BCUT2D eigenvalue weighted by Crippen LogP contribution is 2.35. The Morgan fingerprint density at radius 1 is 1.50 bits per heavy atom. The summed E-state index contributed by atoms with van der Waals surface area (Å²) in [6.45, 7) is 3.17. The number of carboxylic acid groups (broad SMARTS) is 1. The first-order valence-corrected chi connectivity index (χ1v) is 7.72. The van der Waals surface area contributed by atoms with E-state index in [0.717, 1.165) is 43.1 Å². The largest absolute Gasteiger partial charge is 0.476 e. The van der Waals surface area contributed by atoms with Gasteiger partial charge in [-0.2, -0.15) is 11.8 Å². The molecule has 1 aromatic heterocycles. The highest BCUT2D eigenvalue weighted by atomic mass is 32.2. The Labute approximate surface area is 111 Å². The predicted octanol–water partition coefficient (Wildman–Crippen LogP) is 2.38. The fourth-order valence-corrected chi connectivity index (χ4v) is 4.19. The van der Waals surface area contributed by atoms with E-state index in [1.54, 1.807) is 0 Å². The topological polar surface area (TPSA) is 55.1 Å². The van der Waals surface area contributed by atoms with Crippen molar-refractivity contribution in [3.8, 4) is 0 Å². The molecule has 2 atom stereocenters. The maximum atomic E-state index is 11.3. The van der Waals surface area contributed by atoms with Gasteiger partial charge < -0.3 is 9.67 Å². The van der Waals surface area contributed by atoms with Gasteiger partial charge in [-0.3, -0.25) is 0 Å². The lowest BCUT2D eigenvalue weighted by atomic mass is 9.98. The molecule has 2 aliphatic heterocycles. The summed E-state index contributed by atoms with van der Waals surface area (Å²) >= 11 is 1.95. The van der Waals surface area contributed by atoms with Crippen LogP contribution in [0.3, 0.4) is 0 Å². The van der Waals surface area contributed by atoms with Gasteiger partial charge in [-0.05, 0) is 30.9 Å². The summed E-state index contributed by atoms with van der Waals surface area (Å²) in [4.78, 5) is 15.8. The van der Waals surface area contributed by atoms with Gasteiger partial charge in [-0.25, -0.2) is 9.78 Å². The molecule has 0 amide bonds. The molecule has 0 aromatic carbocycles. The highest BCUT2D eigenvalue weighted by Gasteiger charge is 2.31. The van der Waals surface area contributed by atoms with E-state index in [2.05, 4.69) is 16.5 Å². The van der Waals surface area contributed by atoms with Crippen LogP contribution in [0, 0.1) is 5.92 Å². The Morgan fingerprint density at radius 3 is 3.00 bits per heavy atom. The molecule has 18 heavy (non-hydrogen) atoms. The summed E-state index contributed by atoms with van der Waals surface area (Å²) in [5.74, 6) is 3.49. The molecule has 98 valence electrons. The number of carboxylic acids is 1. The Morgan fingerprint density at radius 2 is 2.33 bits per heavy atom. The summed E-state index contributed by atoms with van der Waals surface area (Å²) in [6.07, 6.45) is 3.06. The van der Waals surface area contributed by atoms with Crippen molar-refractivity contribution < 1.29 is 9.90 Å². The SMILES string of the molecule is CC1CCc2c(C(=O)O)nc(C3CCSC3)n2C1. The van der Waals surface area contributed by atoms with Gasteiger partial charge in [0.25, 0.3) is 0 Å². The van der Waals surface area contributed by atoms with Crippen LogP contribution < -0.4 is 0 Å². The number of nitrogens with zero attached hydrogens (tertiary/aromatic N) is 2. The van der Waals surface area contributed by atoms with Crippen molar-refractivity contribution in [2.75, 3.05) is 11.5 Å². The minimum absolute atomic E-state index is 0.300. The maximum Gasteiger partial charge on any atom is 0.356 e. The lowest BCUT2D eigenvalue weighted by Gasteiger charge is -2.24. The van der Waals surface area contributed by atoms with E-state index < -0.39 is 5.97 Å². The second-order valence-corrected chi connectivity index (χ2v) is 6.54. The molecule has 1 saturated heterocycles. The predicted molar refractivity (Wildman–Crippen MR) is 71.4 cm³/mol. The molecule has 1 aromatic rings. The van der Waals surface area contributed by atoms with E-state index in [4.69, 9.17) is 0 Å². The van der Waals surface area contributed by atoms with Crippen molar-refractivity contribution in [1.29, 1.82) is 0 Å². The zero-order valence-electron chi connectivity index (χ0n) is 10.6. The summed E-state index contributed by atoms with van der Waals surface area (Å²) in [5, 5.41) is 9.28. The van der Waals surface area contributed by atoms with Crippen LogP contribution >= 0.6 is 11.8 Å². The van der Waals surface area contributed by atoms with Crippen molar-refractivity contribution in [3.05, 3.63) is 17.2 Å². The van der Waals surface area contributed by atoms with E-state index in [9.17, 15) is 9.90 Å². The van der Waals surface area contributed by atoms with Gasteiger partial charge >= 0.3 is 5.97 Å². The summed E-state index contributed by atoms with van der Waals surface area (Å²) in [5.41, 5.74) is 1.25. The molecular weight excluding hydrogens is 248 g/mol. The van der Waals surface area contributed by atoms with Crippen LogP contribution in [0.1, 0.15) is 47.7 Å². The molecule has 4 nitrogen and oxygen atoms in total. The standard InChI is InChI=1S/C13H18N2O2S/c1-8-2-3-10-11(13(16)17)14-12(15(10)6-8)9-4-5-18-7-9/h8-9H,2-7H2,1H3,(H,16,17). The molecule has 0 aliphatic carbocycles. The molecule has 0 radical (unpaired) electrons. The van der Waals surface area contributed by atoms with E-state index in [0.29, 0.717) is 17.5 Å². The molecule has 2 unspecified atom stereocenters. The molecule has 3 heterocycles. The zero-order valence-corrected chi connectivity index (χ0v) is 11.4. The third kappa shape index (κ3) is 1.94. The van der Waals surface area contributed by atoms with Crippen LogP contribution in [0.2, 0.25) is 0 Å². The van der Waals surface area contributed by atoms with Gasteiger partial charge in [0.1, 0.15) is 5.82 Å². The van der Waals surface area contributed by atoms with Crippen molar-refractivity contribution in [2.24, 2.45) is 5.92 Å². The van der Waals surface area contributed by atoms with Gasteiger partial charge in [0.2, 0.25) is 0 Å². The van der Waals surface area contributed by atoms with Gasteiger partial charge in [-0.1, -0.05) is 6.92 Å². The Hall–Kier alpha value is -0.970. The second-order valence-electron chi connectivity index (χ2n) is 5.39. The van der Waals surface area contributed by atoms with Gasteiger partial charge in [0, 0.05) is 18.2 Å². The number of imidazole rings is 1. The van der Waals surface area contributed by atoms with E-state index in [1.165, 1.54) is 5.75 Å². The molecule has 1 N–H and O–H groups in total. The van der Waals surface area contributed by atoms with Crippen LogP contribution in [0.5, 0.6) is 0 Å². The van der Waals surface area contributed by atoms with Gasteiger partial charge in [-0.15, -0.1) is 0 Å². The first kappa shape index (κ1) is 12.1. The molecule has 1 fully saturated rings. The number of hydrogen-bond donors (Lipinski definition) is 1. The Kier molecular flexibility index (Phi) is 3.09. The zero-order chi connectivity index (χ0) is 12.7. The lowest BCUT2D eigenvalue weighted by Crippen LogP contribution is -2.21. The van der Waals surface area contributed by atoms with E-state index >= 15 is 0 Å². The van der Waals surface area contributed by atoms with Crippen LogP contribution in [0.4, 0.5) is 0 Å². The number of rotatable bonds is 2. The van der Waals surface area contributed by atoms with Gasteiger partial charge in [0.05, 0.1) is 5.69 Å². The number of aromatic nitrogens is 2. The molecule has 2 aliphatic rings. The lowest BCUT2D eigenvalue weighted by molar-refractivity contribution is 0.0689. The van der Waals surface area contributed by atoms with Crippen molar-refractivity contribution in [1.82, 2.24) is 9.55 Å². The first-order valence-electron chi connectivity index (χ1n) is 6.57. The normalized spacial score (nSPS) is 27.2. The van der Waals surface area contributed by atoms with Crippen molar-refractivity contribution >= 4 is 17.7 Å². The first-order chi connectivity index (χ1) is 8.66. The monoisotopic (exact) mass is 266 g/mol. The Balaban J connectivity index is 2.05. The van der Waals surface area contributed by atoms with E-state index in [-0.39, 0.29) is 0 Å². The summed E-state index contributed by atoms with van der Waals surface area (Å²) in [7, 11) is 0. The van der Waals surface area contributed by atoms with Crippen molar-refractivity contribution in [2.45, 2.75) is 38.6 Å². The molecule has 0 spiro atoms.